The van der Waals surface area contributed by atoms with Crippen LogP contribution in [-0.4, -0.2) is 22.2 Å². The first-order valence-corrected chi connectivity index (χ1v) is 20.9. The van der Waals surface area contributed by atoms with E-state index in [-0.39, 0.29) is 11.4 Å². The van der Waals surface area contributed by atoms with E-state index >= 15 is 0 Å². The third-order valence-electron chi connectivity index (χ3n) is 10.2. The molecule has 0 aromatic heterocycles. The molecule has 0 bridgehead atoms. The predicted octanol–water partition coefficient (Wildman–Crippen LogP) is 15.1. The molecule has 0 radical (unpaired) electrons. The van der Waals surface area contributed by atoms with Crippen molar-refractivity contribution in [2.24, 2.45) is 0 Å². The molecule has 0 aliphatic rings. The Bertz CT molecular complexity index is 2880. The van der Waals surface area contributed by atoms with Crippen molar-refractivity contribution in [3.63, 3.8) is 0 Å². The number of carboxylic acid groups (broad SMARTS) is 2. The zero-order valence-corrected chi connectivity index (χ0v) is 36.0. The minimum absolute atomic E-state index is 0.341. The van der Waals surface area contributed by atoms with Gasteiger partial charge in [-0.3, -0.25) is 9.59 Å². The average Bonchev–Trinajstić information content (AvgIpc) is 3.33. The highest BCUT2D eigenvalue weighted by atomic mass is 35.5. The first-order chi connectivity index (χ1) is 31.5. The number of aliphatic carboxylic acids is 2. The molecule has 314 valence electrons. The highest BCUT2D eigenvalue weighted by molar-refractivity contribution is 6.31. The van der Waals surface area contributed by atoms with E-state index in [0.717, 1.165) is 61.6 Å². The fourth-order valence-electron chi connectivity index (χ4n) is 6.79. The van der Waals surface area contributed by atoms with Crippen LogP contribution in [0.15, 0.2) is 181 Å². The lowest BCUT2D eigenvalue weighted by Gasteiger charge is -2.26. The molecule has 0 heterocycles. The molecule has 0 saturated carbocycles. The monoisotopic (exact) mass is 885 g/mol. The number of hydrogen-bond acceptors (Lipinski definition) is 3. The molecule has 0 atom stereocenters. The molecule has 7 aromatic rings. The molecule has 0 saturated heterocycles. The van der Waals surface area contributed by atoms with Gasteiger partial charge in [-0.05, 0) is 135 Å². The Morgan fingerprint density at radius 1 is 0.400 bits per heavy atom. The second-order valence-electron chi connectivity index (χ2n) is 14.6. The van der Waals surface area contributed by atoms with Crippen LogP contribution in [0.3, 0.4) is 0 Å². The van der Waals surface area contributed by atoms with Crippen molar-refractivity contribution in [1.29, 1.82) is 0 Å². The molecule has 0 amide bonds. The Hall–Kier alpha value is -8.46. The number of carboxylic acids is 2. The van der Waals surface area contributed by atoms with E-state index in [1.165, 1.54) is 12.2 Å². The predicted molar refractivity (Wildman–Crippen MR) is 266 cm³/mol. The summed E-state index contributed by atoms with van der Waals surface area (Å²) in [5, 5.41) is 19.7. The molecule has 2 N–H and O–H groups in total. The summed E-state index contributed by atoms with van der Waals surface area (Å²) in [5.74, 6) is -2.51. The minimum Gasteiger partial charge on any atom is -0.486 e. The number of hydrogen-bond donors (Lipinski definition) is 2. The van der Waals surface area contributed by atoms with Gasteiger partial charge in [-0.25, -0.2) is 9.69 Å². The van der Waals surface area contributed by atoms with Crippen LogP contribution in [0.2, 0.25) is 10.0 Å². The van der Waals surface area contributed by atoms with Crippen LogP contribution in [0, 0.1) is 13.1 Å². The normalized spacial score (nSPS) is 11.5. The molecular formula is C56H37Cl2N3O4. The van der Waals surface area contributed by atoms with Gasteiger partial charge < -0.3 is 15.1 Å². The summed E-state index contributed by atoms with van der Waals surface area (Å²) in [4.78, 5) is 30.8. The summed E-state index contributed by atoms with van der Waals surface area (Å²) >= 11 is 12.5. The molecule has 0 aliphatic carbocycles. The van der Waals surface area contributed by atoms with E-state index in [2.05, 4.69) is 93.5 Å². The standard InChI is InChI=1S/C56H37Cl2N3O4/c1-59-53(55(62)63)36-43-11-7-38(8-12-43)3-5-40-15-29-49(30-16-40)61(50-31-17-41(18-32-50)6-4-39-9-13-44(14-10-39)37-54(60-2)56(64)65)51-33-19-42(20-34-51)35-52(45-21-25-47(57)26-22-45)46-23-27-48(58)28-24-46/h3-37H,(H,62,63)(H,64,65)/b5-3+,6-4+,53-36-,54-37-. The Morgan fingerprint density at radius 3 is 0.954 bits per heavy atom. The van der Waals surface area contributed by atoms with Gasteiger partial charge >= 0.3 is 11.9 Å². The van der Waals surface area contributed by atoms with Crippen molar-refractivity contribution >= 4 is 100 Å². The topological polar surface area (TPSA) is 86.6 Å². The van der Waals surface area contributed by atoms with Crippen LogP contribution in [-0.2, 0) is 9.59 Å². The highest BCUT2D eigenvalue weighted by Gasteiger charge is 2.14. The number of halogens is 2. The first kappa shape index (κ1) is 44.6. The summed E-state index contributed by atoms with van der Waals surface area (Å²) in [6, 6.07) is 55.1. The van der Waals surface area contributed by atoms with Crippen molar-refractivity contribution in [2.75, 3.05) is 4.90 Å². The Kier molecular flexibility index (Phi) is 14.5. The maximum Gasteiger partial charge on any atom is 0.333 e. The fourth-order valence-corrected chi connectivity index (χ4v) is 7.04. The van der Waals surface area contributed by atoms with Gasteiger partial charge in [-0.15, -0.1) is 0 Å². The molecule has 0 aliphatic heterocycles. The summed E-state index contributed by atoms with van der Waals surface area (Å²) in [5.41, 5.74) is 11.3. The van der Waals surface area contributed by atoms with E-state index in [1.54, 1.807) is 24.3 Å². The summed E-state index contributed by atoms with van der Waals surface area (Å²) < 4.78 is 0. The Labute approximate surface area is 387 Å². The van der Waals surface area contributed by atoms with E-state index < -0.39 is 11.9 Å². The van der Waals surface area contributed by atoms with E-state index in [9.17, 15) is 19.8 Å². The maximum atomic E-state index is 11.2. The lowest BCUT2D eigenvalue weighted by molar-refractivity contribution is -0.133. The zero-order chi connectivity index (χ0) is 45.7. The van der Waals surface area contributed by atoms with Gasteiger partial charge in [0, 0.05) is 27.1 Å². The molecule has 7 nitrogen and oxygen atoms in total. The molecule has 0 spiro atoms. The molecule has 7 aromatic carbocycles. The van der Waals surface area contributed by atoms with Gasteiger partial charge in [-0.1, -0.05) is 157 Å². The van der Waals surface area contributed by atoms with Crippen LogP contribution in [0.4, 0.5) is 17.1 Å². The van der Waals surface area contributed by atoms with Gasteiger partial charge in [0.1, 0.15) is 0 Å². The van der Waals surface area contributed by atoms with Gasteiger partial charge in [0.25, 0.3) is 11.4 Å². The first-order valence-electron chi connectivity index (χ1n) is 20.1. The summed E-state index contributed by atoms with van der Waals surface area (Å²) in [6.45, 7) is 14.2. The third-order valence-corrected chi connectivity index (χ3v) is 10.7. The summed E-state index contributed by atoms with van der Waals surface area (Å²) in [7, 11) is 0. The Morgan fingerprint density at radius 2 is 0.662 bits per heavy atom. The summed E-state index contributed by atoms with van der Waals surface area (Å²) in [6.07, 6.45) is 12.8. The Balaban J connectivity index is 1.17. The number of carbonyl (C=O) groups is 2. The van der Waals surface area contributed by atoms with Crippen molar-refractivity contribution in [3.8, 4) is 0 Å². The van der Waals surface area contributed by atoms with E-state index in [4.69, 9.17) is 36.3 Å². The van der Waals surface area contributed by atoms with Gasteiger partial charge in [0.05, 0.1) is 13.1 Å². The van der Waals surface area contributed by atoms with Crippen LogP contribution in [0.5, 0.6) is 0 Å². The molecule has 9 heteroatoms. The molecule has 0 unspecified atom stereocenters. The zero-order valence-electron chi connectivity index (χ0n) is 34.5. The van der Waals surface area contributed by atoms with E-state index in [0.29, 0.717) is 21.2 Å². The number of anilines is 3. The number of nitrogens with zero attached hydrogens (tertiary/aromatic N) is 3. The number of rotatable bonds is 14. The largest absolute Gasteiger partial charge is 0.486 e. The average molecular weight is 887 g/mol. The van der Waals surface area contributed by atoms with Crippen LogP contribution in [0.25, 0.3) is 57.8 Å². The van der Waals surface area contributed by atoms with Gasteiger partial charge in [0.15, 0.2) is 0 Å². The van der Waals surface area contributed by atoms with Crippen LogP contribution in [0.1, 0.15) is 50.1 Å². The van der Waals surface area contributed by atoms with Crippen molar-refractivity contribution in [3.05, 3.63) is 264 Å². The lowest BCUT2D eigenvalue weighted by Crippen LogP contribution is -2.09. The second kappa shape index (κ2) is 21.1. The molecular weight excluding hydrogens is 850 g/mol. The second-order valence-corrected chi connectivity index (χ2v) is 15.4. The van der Waals surface area contributed by atoms with Crippen molar-refractivity contribution in [2.45, 2.75) is 0 Å². The van der Waals surface area contributed by atoms with Crippen molar-refractivity contribution in [1.82, 2.24) is 0 Å². The lowest BCUT2D eigenvalue weighted by atomic mass is 9.95. The molecule has 7 rings (SSSR count). The maximum absolute atomic E-state index is 11.2. The third kappa shape index (κ3) is 11.9. The van der Waals surface area contributed by atoms with Gasteiger partial charge in [-0.2, -0.15) is 0 Å². The quantitative estimate of drug-likeness (QED) is 0.0645. The fraction of sp³-hybridized carbons (Fsp3) is 0. The number of benzene rings is 7. The highest BCUT2D eigenvalue weighted by Crippen LogP contribution is 2.36. The molecule has 65 heavy (non-hydrogen) atoms. The minimum atomic E-state index is -1.26. The SMILES string of the molecule is [C-]#[N+]/C(=C\c1ccc(/C=C/c2ccc(N(c3ccc(C=C(c4ccc(Cl)cc4)c4ccc(Cl)cc4)cc3)c3ccc(/C=C/c4ccc(/C=C(\[N+]#[C-])C(=O)O)cc4)cc3)cc2)cc1)C(=O)O. The van der Waals surface area contributed by atoms with Gasteiger partial charge in [0.2, 0.25) is 0 Å². The smallest absolute Gasteiger partial charge is 0.333 e. The van der Waals surface area contributed by atoms with E-state index in [1.807, 2.05) is 97.1 Å². The van der Waals surface area contributed by atoms with Crippen LogP contribution < -0.4 is 4.90 Å². The van der Waals surface area contributed by atoms with Crippen molar-refractivity contribution < 1.29 is 19.8 Å². The molecule has 0 fully saturated rings. The van der Waals surface area contributed by atoms with Crippen LogP contribution >= 0.6 is 23.2 Å².